The van der Waals surface area contributed by atoms with E-state index in [1.165, 1.54) is 0 Å². The van der Waals surface area contributed by atoms with Gasteiger partial charge < -0.3 is 23.5 Å². The summed E-state index contributed by atoms with van der Waals surface area (Å²) in [5, 5.41) is 0. The second kappa shape index (κ2) is 12.5. The first-order valence-corrected chi connectivity index (χ1v) is 14.5. The van der Waals surface area contributed by atoms with Crippen LogP contribution in [0.2, 0.25) is 0 Å². The summed E-state index contributed by atoms with van der Waals surface area (Å²) in [4.78, 5) is 44.6. The number of guanidine groups is 1. The molecule has 0 radical (unpaired) electrons. The molecule has 1 aliphatic heterocycles. The monoisotopic (exact) mass is 653 g/mol. The van der Waals surface area contributed by atoms with Crippen molar-refractivity contribution >= 4 is 53.0 Å². The molecular formula is C29H45BBrN3O8. The van der Waals surface area contributed by atoms with Crippen LogP contribution < -0.4 is 5.46 Å². The maximum absolute atomic E-state index is 13.6. The Labute approximate surface area is 258 Å². The van der Waals surface area contributed by atoms with Crippen molar-refractivity contribution in [3.63, 3.8) is 0 Å². The van der Waals surface area contributed by atoms with Crippen LogP contribution in [0.1, 0.15) is 95.6 Å². The van der Waals surface area contributed by atoms with Gasteiger partial charge in [0.05, 0.1) is 33.9 Å². The first-order chi connectivity index (χ1) is 18.8. The van der Waals surface area contributed by atoms with Crippen molar-refractivity contribution in [3.8, 4) is 0 Å². The summed E-state index contributed by atoms with van der Waals surface area (Å²) in [6.07, 6.45) is -2.80. The lowest BCUT2D eigenvalue weighted by Crippen LogP contribution is -2.48. The molecule has 0 bridgehead atoms. The highest BCUT2D eigenvalue weighted by Crippen LogP contribution is 2.36. The lowest BCUT2D eigenvalue weighted by atomic mass is 9.78. The molecule has 3 amide bonds. The van der Waals surface area contributed by atoms with Crippen LogP contribution in [-0.4, -0.2) is 68.2 Å². The molecule has 1 aliphatic rings. The van der Waals surface area contributed by atoms with Gasteiger partial charge in [0.15, 0.2) is 0 Å². The fraction of sp³-hybridized carbons (Fsp3) is 0.655. The smallest absolute Gasteiger partial charge is 0.443 e. The third-order valence-electron chi connectivity index (χ3n) is 5.99. The van der Waals surface area contributed by atoms with Crippen LogP contribution in [-0.2, 0) is 30.1 Å². The quantitative estimate of drug-likeness (QED) is 0.118. The van der Waals surface area contributed by atoms with Gasteiger partial charge in [0.25, 0.3) is 0 Å². The Kier molecular flexibility index (Phi) is 10.6. The number of rotatable bonds is 3. The predicted molar refractivity (Wildman–Crippen MR) is 165 cm³/mol. The zero-order chi connectivity index (χ0) is 32.5. The van der Waals surface area contributed by atoms with E-state index in [-0.39, 0.29) is 6.54 Å². The third kappa shape index (κ3) is 10.3. The normalized spacial score (nSPS) is 17.0. The first kappa shape index (κ1) is 35.6. The number of ether oxygens (including phenoxy) is 3. The number of benzene rings is 1. The SMILES string of the molecule is CC(C)(C)OC(=O)N=C(N(Br)C(=O)OC(C)(C)C)N(Cc1cccc(B2OC(C)(C)C(C)(C)O2)c1)C(=O)OC(C)(C)C. The summed E-state index contributed by atoms with van der Waals surface area (Å²) in [5.41, 5.74) is -2.42. The number of hydrogen-bond donors (Lipinski definition) is 0. The molecule has 1 saturated heterocycles. The summed E-state index contributed by atoms with van der Waals surface area (Å²) in [7, 11) is -0.644. The van der Waals surface area contributed by atoms with E-state index < -0.39 is 59.4 Å². The number of hydrogen-bond acceptors (Lipinski definition) is 8. The molecule has 234 valence electrons. The van der Waals surface area contributed by atoms with Crippen LogP contribution in [0.4, 0.5) is 14.4 Å². The van der Waals surface area contributed by atoms with Gasteiger partial charge in [0.1, 0.15) is 16.8 Å². The Hall–Kier alpha value is -2.64. The van der Waals surface area contributed by atoms with Crippen LogP contribution in [0.15, 0.2) is 29.3 Å². The lowest BCUT2D eigenvalue weighted by Gasteiger charge is -2.32. The highest BCUT2D eigenvalue weighted by atomic mass is 79.9. The van der Waals surface area contributed by atoms with Crippen molar-refractivity contribution in [1.82, 2.24) is 8.83 Å². The average molecular weight is 654 g/mol. The van der Waals surface area contributed by atoms with E-state index >= 15 is 0 Å². The maximum Gasteiger partial charge on any atom is 0.494 e. The van der Waals surface area contributed by atoms with E-state index in [0.29, 0.717) is 5.56 Å². The molecule has 0 saturated carbocycles. The minimum Gasteiger partial charge on any atom is -0.443 e. The molecular weight excluding hydrogens is 609 g/mol. The highest BCUT2D eigenvalue weighted by molar-refractivity contribution is 9.08. The summed E-state index contributed by atoms with van der Waals surface area (Å²) in [6, 6.07) is 7.25. The van der Waals surface area contributed by atoms with Crippen molar-refractivity contribution in [2.45, 2.75) is 125 Å². The Morgan fingerprint density at radius 1 is 0.833 bits per heavy atom. The number of carbonyl (C=O) groups is 3. The molecule has 13 heteroatoms. The molecule has 0 aromatic heterocycles. The Morgan fingerprint density at radius 3 is 1.79 bits per heavy atom. The fourth-order valence-corrected chi connectivity index (χ4v) is 3.84. The maximum atomic E-state index is 13.6. The molecule has 11 nitrogen and oxygen atoms in total. The van der Waals surface area contributed by atoms with Crippen molar-refractivity contribution in [3.05, 3.63) is 29.8 Å². The van der Waals surface area contributed by atoms with Crippen LogP contribution in [0.5, 0.6) is 0 Å². The van der Waals surface area contributed by atoms with Crippen molar-refractivity contribution in [2.24, 2.45) is 4.99 Å². The second-order valence-corrected chi connectivity index (χ2v) is 14.8. The molecule has 0 atom stereocenters. The molecule has 1 heterocycles. The van der Waals surface area contributed by atoms with Gasteiger partial charge in [-0.05, 0) is 101 Å². The van der Waals surface area contributed by atoms with E-state index in [0.717, 1.165) is 14.3 Å². The highest BCUT2D eigenvalue weighted by Gasteiger charge is 2.51. The topological polar surface area (TPSA) is 116 Å². The summed E-state index contributed by atoms with van der Waals surface area (Å²) < 4.78 is 29.7. The first-order valence-electron chi connectivity index (χ1n) is 13.8. The van der Waals surface area contributed by atoms with Crippen molar-refractivity contribution in [1.29, 1.82) is 0 Å². The molecule has 42 heavy (non-hydrogen) atoms. The zero-order valence-corrected chi connectivity index (χ0v) is 28.7. The summed E-state index contributed by atoms with van der Waals surface area (Å²) in [5.74, 6) is -0.409. The second-order valence-electron chi connectivity index (χ2n) is 14.1. The molecule has 0 aliphatic carbocycles. The van der Waals surface area contributed by atoms with E-state index in [2.05, 4.69) is 21.1 Å². The number of halogens is 1. The molecule has 0 spiro atoms. The van der Waals surface area contributed by atoms with Gasteiger partial charge >= 0.3 is 25.4 Å². The van der Waals surface area contributed by atoms with Gasteiger partial charge in [-0.2, -0.15) is 3.93 Å². The lowest BCUT2D eigenvalue weighted by molar-refractivity contribution is 0.00578. The van der Waals surface area contributed by atoms with Crippen LogP contribution in [0.3, 0.4) is 0 Å². The molecule has 0 N–H and O–H groups in total. The van der Waals surface area contributed by atoms with Gasteiger partial charge in [0, 0.05) is 0 Å². The van der Waals surface area contributed by atoms with Crippen LogP contribution in [0, 0.1) is 0 Å². The summed E-state index contributed by atoms with van der Waals surface area (Å²) >= 11 is 3.16. The largest absolute Gasteiger partial charge is 0.494 e. The summed E-state index contributed by atoms with van der Waals surface area (Å²) in [6.45, 7) is 22.9. The van der Waals surface area contributed by atoms with Gasteiger partial charge in [-0.1, -0.05) is 24.3 Å². The van der Waals surface area contributed by atoms with Crippen molar-refractivity contribution < 1.29 is 37.9 Å². The average Bonchev–Trinajstić information content (AvgIpc) is 2.99. The number of amides is 3. The van der Waals surface area contributed by atoms with E-state index in [4.69, 9.17) is 23.5 Å². The number of nitrogens with zero attached hydrogens (tertiary/aromatic N) is 3. The molecule has 1 fully saturated rings. The Bertz CT molecular complexity index is 1180. The molecule has 2 rings (SSSR count). The minimum absolute atomic E-state index is 0.144. The van der Waals surface area contributed by atoms with Gasteiger partial charge in [-0.25, -0.2) is 19.3 Å². The standard InChI is InChI=1S/C29H45BBrN3O8/c1-25(2,3)38-22(35)32-21(34(31)24(37)40-27(7,8)9)33(23(36)39-26(4,5)6)18-19-15-14-16-20(17-19)30-41-28(10,11)29(12,13)42-30/h14-17H,18H2,1-13H3. The molecule has 0 unspecified atom stereocenters. The fourth-order valence-electron chi connectivity index (χ4n) is 3.49. The zero-order valence-electron chi connectivity index (χ0n) is 27.1. The van der Waals surface area contributed by atoms with Crippen LogP contribution in [0.25, 0.3) is 0 Å². The minimum atomic E-state index is -1.02. The Morgan fingerprint density at radius 2 is 1.31 bits per heavy atom. The number of carbonyl (C=O) groups excluding carboxylic acids is 3. The number of aliphatic imine (C=N–C) groups is 1. The van der Waals surface area contributed by atoms with Gasteiger partial charge in [0.2, 0.25) is 5.96 Å². The van der Waals surface area contributed by atoms with E-state index in [9.17, 15) is 14.4 Å². The van der Waals surface area contributed by atoms with Gasteiger partial charge in [-0.3, -0.25) is 0 Å². The van der Waals surface area contributed by atoms with E-state index in [1.54, 1.807) is 74.4 Å². The Balaban J connectivity index is 2.60. The van der Waals surface area contributed by atoms with E-state index in [1.807, 2.05) is 39.8 Å². The van der Waals surface area contributed by atoms with Crippen molar-refractivity contribution in [2.75, 3.05) is 0 Å². The molecule has 1 aromatic carbocycles. The van der Waals surface area contributed by atoms with Crippen LogP contribution >= 0.6 is 16.1 Å². The molecule has 1 aromatic rings. The van der Waals surface area contributed by atoms with Gasteiger partial charge in [-0.15, -0.1) is 4.99 Å². The predicted octanol–water partition coefficient (Wildman–Crippen LogP) is 6.56. The third-order valence-corrected chi connectivity index (χ3v) is 6.59.